The molecule has 0 heterocycles. The highest BCUT2D eigenvalue weighted by molar-refractivity contribution is 5.70. The number of rotatable bonds is 41. The Kier molecular flexibility index (Phi) is 39.2. The Hall–Kier alpha value is -1.66. The highest BCUT2D eigenvalue weighted by Crippen LogP contribution is 2.15. The van der Waals surface area contributed by atoms with Crippen LogP contribution in [0.25, 0.3) is 0 Å². The molecule has 1 unspecified atom stereocenters. The lowest BCUT2D eigenvalue weighted by atomic mass is 10.1. The van der Waals surface area contributed by atoms with Gasteiger partial charge in [-0.1, -0.05) is 192 Å². The topological polar surface area (TPSA) is 98.8 Å². The van der Waals surface area contributed by atoms with Crippen molar-refractivity contribution in [2.45, 2.75) is 251 Å². The van der Waals surface area contributed by atoms with Crippen LogP contribution in [0.4, 0.5) is 0 Å². The molecule has 0 aliphatic heterocycles. The Balaban J connectivity index is 3.51. The fourth-order valence-electron chi connectivity index (χ4n) is 6.63. The second-order valence-electron chi connectivity index (χ2n) is 15.5. The zero-order chi connectivity index (χ0) is 38.1. The van der Waals surface area contributed by atoms with E-state index in [-0.39, 0.29) is 12.8 Å². The van der Waals surface area contributed by atoms with Crippen molar-refractivity contribution in [3.63, 3.8) is 0 Å². The molecular weight excluding hydrogens is 647 g/mol. The molecule has 3 N–H and O–H groups in total. The summed E-state index contributed by atoms with van der Waals surface area (Å²) in [6.45, 7) is 4.00. The maximum Gasteiger partial charge on any atom is 0.309 e. The van der Waals surface area contributed by atoms with E-state index in [9.17, 15) is 14.7 Å². The van der Waals surface area contributed by atoms with Gasteiger partial charge in [-0.25, -0.2) is 0 Å². The summed E-state index contributed by atoms with van der Waals surface area (Å²) in [5.41, 5.74) is 5.67. The summed E-state index contributed by atoms with van der Waals surface area (Å²) in [5, 5.41) is 10.2. The van der Waals surface area contributed by atoms with Crippen molar-refractivity contribution in [3.8, 4) is 0 Å². The Labute approximate surface area is 322 Å². The van der Waals surface area contributed by atoms with Gasteiger partial charge in [-0.05, 0) is 64.2 Å². The standard InChI is InChI=1S/C46H87NO5/c1-3-5-7-9-11-13-15-17-19-21-23-25-27-29-31-33-35-37-39-41-44(48)51-43-46(47,50)52-45(49)42-40-38-36-34-32-30-28-26-24-22-20-18-16-14-12-10-8-6-4-2/h17-20,50H,3-16,21-43,47H2,1-2H3/b19-17-,20-18-. The molecular formula is C46H87NO5. The van der Waals surface area contributed by atoms with Crippen LogP contribution in [0.15, 0.2) is 24.3 Å². The van der Waals surface area contributed by atoms with E-state index in [4.69, 9.17) is 15.2 Å². The molecule has 0 bridgehead atoms. The number of aliphatic hydroxyl groups is 1. The molecule has 0 saturated heterocycles. The molecule has 0 aromatic rings. The third-order valence-corrected chi connectivity index (χ3v) is 10.0. The average molecular weight is 734 g/mol. The van der Waals surface area contributed by atoms with Gasteiger partial charge in [0.1, 0.15) is 0 Å². The first-order valence-electron chi connectivity index (χ1n) is 22.6. The first-order chi connectivity index (χ1) is 25.4. The van der Waals surface area contributed by atoms with Crippen molar-refractivity contribution in [2.75, 3.05) is 6.61 Å². The van der Waals surface area contributed by atoms with E-state index in [1.165, 1.54) is 180 Å². The molecule has 0 fully saturated rings. The number of allylic oxidation sites excluding steroid dienone is 4. The Morgan fingerprint density at radius 3 is 1.04 bits per heavy atom. The lowest BCUT2D eigenvalue weighted by Gasteiger charge is -2.22. The molecule has 0 aromatic carbocycles. The van der Waals surface area contributed by atoms with Crippen LogP contribution in [0.2, 0.25) is 0 Å². The van der Waals surface area contributed by atoms with Gasteiger partial charge in [0.2, 0.25) is 0 Å². The summed E-state index contributed by atoms with van der Waals surface area (Å²) in [6, 6.07) is 0. The van der Waals surface area contributed by atoms with Gasteiger partial charge in [0.25, 0.3) is 0 Å². The van der Waals surface area contributed by atoms with Crippen molar-refractivity contribution >= 4 is 11.9 Å². The number of nitrogens with two attached hydrogens (primary N) is 1. The van der Waals surface area contributed by atoms with E-state index in [0.717, 1.165) is 32.1 Å². The predicted octanol–water partition coefficient (Wildman–Crippen LogP) is 13.9. The minimum absolute atomic E-state index is 0.205. The van der Waals surface area contributed by atoms with E-state index < -0.39 is 24.5 Å². The van der Waals surface area contributed by atoms with Crippen LogP contribution in [-0.2, 0) is 19.1 Å². The number of hydrogen-bond acceptors (Lipinski definition) is 6. The fraction of sp³-hybridized carbons (Fsp3) is 0.870. The SMILES string of the molecule is CCCCCCCC/C=C\CCCCCCCCCCCC(=O)OCC(N)(O)OC(=O)CCCCCCCCCCC/C=C\CCCCCCCC. The van der Waals surface area contributed by atoms with Gasteiger partial charge in [0, 0.05) is 12.8 Å². The van der Waals surface area contributed by atoms with Crippen LogP contribution >= 0.6 is 0 Å². The summed E-state index contributed by atoms with van der Waals surface area (Å²) in [5.74, 6) is -3.26. The third kappa shape index (κ3) is 41.1. The van der Waals surface area contributed by atoms with Crippen molar-refractivity contribution in [1.82, 2.24) is 0 Å². The zero-order valence-corrected chi connectivity index (χ0v) is 34.6. The Bertz CT molecular complexity index is 824. The molecule has 0 aliphatic rings. The first kappa shape index (κ1) is 50.3. The quantitative estimate of drug-likeness (QED) is 0.0281. The minimum Gasteiger partial charge on any atom is -0.457 e. The molecule has 52 heavy (non-hydrogen) atoms. The van der Waals surface area contributed by atoms with Crippen LogP contribution in [0.3, 0.4) is 0 Å². The Morgan fingerprint density at radius 2 is 0.712 bits per heavy atom. The van der Waals surface area contributed by atoms with Crippen LogP contribution in [-0.4, -0.2) is 29.6 Å². The molecule has 1 atom stereocenters. The minimum atomic E-state index is -2.28. The van der Waals surface area contributed by atoms with E-state index in [1.807, 2.05) is 0 Å². The fourth-order valence-corrected chi connectivity index (χ4v) is 6.63. The number of carbonyl (C=O) groups excluding carboxylic acids is 2. The van der Waals surface area contributed by atoms with E-state index >= 15 is 0 Å². The van der Waals surface area contributed by atoms with Gasteiger partial charge in [-0.3, -0.25) is 15.3 Å². The average Bonchev–Trinajstić information content (AvgIpc) is 3.12. The summed E-state index contributed by atoms with van der Waals surface area (Å²) in [6.07, 6.45) is 52.2. The van der Waals surface area contributed by atoms with Gasteiger partial charge in [-0.15, -0.1) is 0 Å². The smallest absolute Gasteiger partial charge is 0.309 e. The number of unbranched alkanes of at least 4 members (excludes halogenated alkanes) is 30. The lowest BCUT2D eigenvalue weighted by molar-refractivity contribution is -0.226. The molecule has 6 nitrogen and oxygen atoms in total. The molecule has 0 rings (SSSR count). The molecule has 6 heteroatoms. The number of ether oxygens (including phenoxy) is 2. The molecule has 0 aliphatic carbocycles. The normalized spacial score (nSPS) is 12.9. The monoisotopic (exact) mass is 734 g/mol. The molecule has 0 radical (unpaired) electrons. The van der Waals surface area contributed by atoms with Gasteiger partial charge in [0.05, 0.1) is 0 Å². The molecule has 306 valence electrons. The zero-order valence-electron chi connectivity index (χ0n) is 34.6. The Morgan fingerprint density at radius 1 is 0.442 bits per heavy atom. The van der Waals surface area contributed by atoms with Crippen molar-refractivity contribution in [1.29, 1.82) is 0 Å². The predicted molar refractivity (Wildman–Crippen MR) is 222 cm³/mol. The summed E-state index contributed by atoms with van der Waals surface area (Å²) >= 11 is 0. The van der Waals surface area contributed by atoms with Gasteiger partial charge in [0.15, 0.2) is 6.61 Å². The summed E-state index contributed by atoms with van der Waals surface area (Å²) in [4.78, 5) is 24.2. The third-order valence-electron chi connectivity index (χ3n) is 10.0. The van der Waals surface area contributed by atoms with E-state index in [2.05, 4.69) is 38.2 Å². The number of carbonyl (C=O) groups is 2. The number of hydrogen-bond donors (Lipinski definition) is 2. The maximum atomic E-state index is 12.1. The van der Waals surface area contributed by atoms with Crippen LogP contribution < -0.4 is 5.73 Å². The highest BCUT2D eigenvalue weighted by Gasteiger charge is 2.28. The first-order valence-corrected chi connectivity index (χ1v) is 22.6. The van der Waals surface area contributed by atoms with Gasteiger partial charge >= 0.3 is 17.8 Å². The summed E-state index contributed by atoms with van der Waals surface area (Å²) < 4.78 is 10.1. The highest BCUT2D eigenvalue weighted by atomic mass is 16.7. The largest absolute Gasteiger partial charge is 0.457 e. The van der Waals surface area contributed by atoms with Gasteiger partial charge in [-0.2, -0.15) is 0 Å². The lowest BCUT2D eigenvalue weighted by Crippen LogP contribution is -2.49. The second-order valence-corrected chi connectivity index (χ2v) is 15.5. The van der Waals surface area contributed by atoms with Gasteiger partial charge < -0.3 is 14.6 Å². The van der Waals surface area contributed by atoms with Crippen molar-refractivity contribution in [3.05, 3.63) is 24.3 Å². The van der Waals surface area contributed by atoms with Crippen LogP contribution in [0.1, 0.15) is 245 Å². The number of esters is 2. The van der Waals surface area contributed by atoms with Crippen molar-refractivity contribution in [2.24, 2.45) is 5.73 Å². The van der Waals surface area contributed by atoms with Crippen molar-refractivity contribution < 1.29 is 24.2 Å². The molecule has 0 amide bonds. The molecule has 0 spiro atoms. The maximum absolute atomic E-state index is 12.1. The summed E-state index contributed by atoms with van der Waals surface area (Å²) in [7, 11) is 0. The molecule has 0 aromatic heterocycles. The van der Waals surface area contributed by atoms with E-state index in [0.29, 0.717) is 6.42 Å². The van der Waals surface area contributed by atoms with Crippen LogP contribution in [0.5, 0.6) is 0 Å². The molecule has 0 saturated carbocycles. The van der Waals surface area contributed by atoms with E-state index in [1.54, 1.807) is 0 Å². The van der Waals surface area contributed by atoms with Crippen LogP contribution in [0, 0.1) is 0 Å². The second kappa shape index (κ2) is 40.5.